The number of carbonyl (C=O) groups excluding carboxylic acids is 2. The van der Waals surface area contributed by atoms with E-state index in [-0.39, 0.29) is 12.2 Å². The summed E-state index contributed by atoms with van der Waals surface area (Å²) in [7, 11) is 2.88. The van der Waals surface area contributed by atoms with Crippen LogP contribution in [0.5, 0.6) is 11.5 Å². The van der Waals surface area contributed by atoms with Gasteiger partial charge in [0.15, 0.2) is 11.5 Å². The number of benzene rings is 2. The molecule has 0 fully saturated rings. The lowest BCUT2D eigenvalue weighted by Crippen LogP contribution is -2.37. The molecule has 0 aromatic heterocycles. The Balaban J connectivity index is 1.96. The number of hydrogen-bond donors (Lipinski definition) is 3. The molecule has 0 aliphatic rings. The molecule has 2 rings (SSSR count). The van der Waals surface area contributed by atoms with Gasteiger partial charge in [-0.25, -0.2) is 0 Å². The zero-order valence-corrected chi connectivity index (χ0v) is 15.5. The number of alkyl halides is 3. The van der Waals surface area contributed by atoms with Crippen molar-refractivity contribution in [1.82, 2.24) is 5.32 Å². The Morgan fingerprint density at radius 1 is 1.03 bits per heavy atom. The number of nitrogens with one attached hydrogen (secondary N) is 2. The molecule has 2 amide bonds. The second kappa shape index (κ2) is 9.28. The van der Waals surface area contributed by atoms with E-state index in [0.29, 0.717) is 23.1 Å². The van der Waals surface area contributed by atoms with E-state index in [9.17, 15) is 27.9 Å². The Morgan fingerprint density at radius 2 is 1.72 bits per heavy atom. The number of methoxy groups -OCH3 is 2. The van der Waals surface area contributed by atoms with Crippen molar-refractivity contribution in [2.75, 3.05) is 26.1 Å². The molecule has 2 aromatic carbocycles. The number of halogens is 3. The number of aliphatic hydroxyl groups excluding tert-OH is 1. The third-order valence-corrected chi connectivity index (χ3v) is 3.90. The van der Waals surface area contributed by atoms with Crippen molar-refractivity contribution >= 4 is 17.5 Å². The lowest BCUT2D eigenvalue weighted by Gasteiger charge is -2.15. The van der Waals surface area contributed by atoms with Crippen LogP contribution in [0, 0.1) is 0 Å². The van der Waals surface area contributed by atoms with Gasteiger partial charge in [0.2, 0.25) is 0 Å². The van der Waals surface area contributed by atoms with Crippen LogP contribution in [0.3, 0.4) is 0 Å². The lowest BCUT2D eigenvalue weighted by atomic mass is 10.1. The number of hydrogen-bond acceptors (Lipinski definition) is 5. The molecule has 3 N–H and O–H groups in total. The summed E-state index contributed by atoms with van der Waals surface area (Å²) in [5.74, 6) is -1.45. The van der Waals surface area contributed by atoms with E-state index in [1.54, 1.807) is 12.1 Å². The van der Waals surface area contributed by atoms with Gasteiger partial charge in [-0.2, -0.15) is 13.2 Å². The van der Waals surface area contributed by atoms with E-state index in [4.69, 9.17) is 9.47 Å². The molecule has 0 aliphatic carbocycles. The van der Waals surface area contributed by atoms with Crippen LogP contribution in [0.2, 0.25) is 0 Å². The van der Waals surface area contributed by atoms with Crippen molar-refractivity contribution in [3.05, 3.63) is 53.6 Å². The normalized spacial score (nSPS) is 12.1. The summed E-state index contributed by atoms with van der Waals surface area (Å²) in [4.78, 5) is 23.8. The average Bonchev–Trinajstić information content (AvgIpc) is 2.70. The van der Waals surface area contributed by atoms with E-state index in [0.717, 1.165) is 12.1 Å². The van der Waals surface area contributed by atoms with Crippen LogP contribution in [0.15, 0.2) is 42.5 Å². The van der Waals surface area contributed by atoms with E-state index in [2.05, 4.69) is 10.6 Å². The quantitative estimate of drug-likeness (QED) is 0.634. The number of amides is 2. The number of carbonyl (C=O) groups is 2. The monoisotopic (exact) mass is 412 g/mol. The number of anilines is 1. The fourth-order valence-corrected chi connectivity index (χ4v) is 2.41. The zero-order valence-electron chi connectivity index (χ0n) is 15.5. The molecule has 10 heteroatoms. The summed E-state index contributed by atoms with van der Waals surface area (Å²) in [6.07, 6.45) is -5.73. The van der Waals surface area contributed by atoms with Crippen LogP contribution in [0.25, 0.3) is 0 Å². The van der Waals surface area contributed by atoms with Crippen LogP contribution < -0.4 is 20.1 Å². The second-order valence-electron chi connectivity index (χ2n) is 5.87. The average molecular weight is 412 g/mol. The molecule has 0 heterocycles. The van der Waals surface area contributed by atoms with E-state index in [1.807, 2.05) is 0 Å². The van der Waals surface area contributed by atoms with Gasteiger partial charge in [0.25, 0.3) is 0 Å². The highest BCUT2D eigenvalue weighted by molar-refractivity contribution is 6.39. The molecule has 2 aromatic rings. The highest BCUT2D eigenvalue weighted by Crippen LogP contribution is 2.31. The standard InChI is InChI=1S/C19H19F3N2O5/c1-28-15-7-6-11(8-16(15)29-2)14(25)10-23-17(26)18(27)24-13-5-3-4-12(9-13)19(20,21)22/h3-9,14,25H,10H2,1-2H3,(H,23,26)(H,24,27). The second-order valence-corrected chi connectivity index (χ2v) is 5.87. The van der Waals surface area contributed by atoms with Crippen LogP contribution in [-0.2, 0) is 15.8 Å². The molecular formula is C19H19F3N2O5. The van der Waals surface area contributed by atoms with Crippen LogP contribution in [0.4, 0.5) is 18.9 Å². The molecule has 7 nitrogen and oxygen atoms in total. The van der Waals surface area contributed by atoms with Crippen molar-refractivity contribution < 1.29 is 37.3 Å². The van der Waals surface area contributed by atoms with Crippen LogP contribution in [-0.4, -0.2) is 37.7 Å². The molecule has 0 saturated heterocycles. The lowest BCUT2D eigenvalue weighted by molar-refractivity contribution is -0.137. The van der Waals surface area contributed by atoms with E-state index in [1.165, 1.54) is 26.4 Å². The summed E-state index contributed by atoms with van der Waals surface area (Å²) in [6, 6.07) is 8.52. The van der Waals surface area contributed by atoms with Gasteiger partial charge in [-0.15, -0.1) is 0 Å². The first-order valence-electron chi connectivity index (χ1n) is 8.32. The Kier molecular flexibility index (Phi) is 7.05. The van der Waals surface area contributed by atoms with Gasteiger partial charge in [-0.05, 0) is 35.9 Å². The van der Waals surface area contributed by atoms with Gasteiger partial charge in [0.1, 0.15) is 0 Å². The smallest absolute Gasteiger partial charge is 0.416 e. The summed E-state index contributed by atoms with van der Waals surface area (Å²) in [5.41, 5.74) is -0.735. The van der Waals surface area contributed by atoms with Gasteiger partial charge in [-0.3, -0.25) is 9.59 Å². The van der Waals surface area contributed by atoms with Gasteiger partial charge >= 0.3 is 18.0 Å². The zero-order chi connectivity index (χ0) is 21.6. The van der Waals surface area contributed by atoms with Gasteiger partial charge in [0, 0.05) is 12.2 Å². The van der Waals surface area contributed by atoms with Crippen molar-refractivity contribution in [1.29, 1.82) is 0 Å². The van der Waals surface area contributed by atoms with Crippen molar-refractivity contribution in [3.63, 3.8) is 0 Å². The molecule has 29 heavy (non-hydrogen) atoms. The minimum Gasteiger partial charge on any atom is -0.493 e. The van der Waals surface area contributed by atoms with E-state index < -0.39 is 29.7 Å². The van der Waals surface area contributed by atoms with Gasteiger partial charge in [-0.1, -0.05) is 12.1 Å². The predicted molar refractivity (Wildman–Crippen MR) is 97.6 cm³/mol. The Labute approximate surface area is 164 Å². The van der Waals surface area contributed by atoms with Crippen molar-refractivity contribution in [2.45, 2.75) is 12.3 Å². The first-order chi connectivity index (χ1) is 13.7. The van der Waals surface area contributed by atoms with Crippen LogP contribution >= 0.6 is 0 Å². The molecule has 0 spiro atoms. The van der Waals surface area contributed by atoms with E-state index >= 15 is 0 Å². The minimum absolute atomic E-state index is 0.180. The highest BCUT2D eigenvalue weighted by atomic mass is 19.4. The third-order valence-electron chi connectivity index (χ3n) is 3.90. The molecule has 0 radical (unpaired) electrons. The maximum absolute atomic E-state index is 12.7. The molecular weight excluding hydrogens is 393 g/mol. The van der Waals surface area contributed by atoms with Crippen molar-refractivity contribution in [3.8, 4) is 11.5 Å². The van der Waals surface area contributed by atoms with Gasteiger partial charge in [0.05, 0.1) is 25.9 Å². The first kappa shape index (κ1) is 22.0. The summed E-state index contributed by atoms with van der Waals surface area (Å²) in [6.45, 7) is -0.301. The topological polar surface area (TPSA) is 96.9 Å². The molecule has 0 saturated carbocycles. The fourth-order valence-electron chi connectivity index (χ4n) is 2.41. The first-order valence-corrected chi connectivity index (χ1v) is 8.32. The number of aliphatic hydroxyl groups is 1. The third kappa shape index (κ3) is 5.85. The Morgan fingerprint density at radius 3 is 2.34 bits per heavy atom. The molecule has 0 aliphatic heterocycles. The highest BCUT2D eigenvalue weighted by Gasteiger charge is 2.30. The molecule has 1 atom stereocenters. The molecule has 156 valence electrons. The van der Waals surface area contributed by atoms with Gasteiger partial charge < -0.3 is 25.2 Å². The molecule has 1 unspecified atom stereocenters. The van der Waals surface area contributed by atoms with Crippen molar-refractivity contribution in [2.24, 2.45) is 0 Å². The number of ether oxygens (including phenoxy) is 2. The minimum atomic E-state index is -4.58. The maximum atomic E-state index is 12.7. The maximum Gasteiger partial charge on any atom is 0.416 e. The Hall–Kier alpha value is -3.27. The summed E-state index contributed by atoms with van der Waals surface area (Å²) < 4.78 is 48.3. The predicted octanol–water partition coefficient (Wildman–Crippen LogP) is 2.51. The summed E-state index contributed by atoms with van der Waals surface area (Å²) >= 11 is 0. The Bertz CT molecular complexity index is 886. The fraction of sp³-hybridized carbons (Fsp3) is 0.263. The summed E-state index contributed by atoms with van der Waals surface area (Å²) in [5, 5.41) is 14.5. The molecule has 0 bridgehead atoms. The number of rotatable bonds is 6. The largest absolute Gasteiger partial charge is 0.493 e. The van der Waals surface area contributed by atoms with Crippen LogP contribution in [0.1, 0.15) is 17.2 Å². The SMILES string of the molecule is COc1ccc(C(O)CNC(=O)C(=O)Nc2cccc(C(F)(F)F)c2)cc1OC.